The van der Waals surface area contributed by atoms with E-state index < -0.39 is 0 Å². The number of anilines is 1. The van der Waals surface area contributed by atoms with E-state index in [1.807, 2.05) is 0 Å². The van der Waals surface area contributed by atoms with Crippen LogP contribution >= 0.6 is 0 Å². The summed E-state index contributed by atoms with van der Waals surface area (Å²) in [6, 6.07) is 9.72. The predicted molar refractivity (Wildman–Crippen MR) is 88.4 cm³/mol. The Labute approximate surface area is 124 Å². The van der Waals surface area contributed by atoms with E-state index in [0.717, 1.165) is 18.9 Å². The molecule has 1 aliphatic heterocycles. The zero-order chi connectivity index (χ0) is 14.4. The molecular weight excluding hydrogens is 244 g/mol. The summed E-state index contributed by atoms with van der Waals surface area (Å²) in [6.45, 7) is 10.2. The molecule has 112 valence electrons. The van der Waals surface area contributed by atoms with Gasteiger partial charge < -0.3 is 10.2 Å². The first-order valence-corrected chi connectivity index (χ1v) is 8.36. The molecule has 20 heavy (non-hydrogen) atoms. The van der Waals surface area contributed by atoms with Crippen molar-refractivity contribution in [3.05, 3.63) is 29.8 Å². The van der Waals surface area contributed by atoms with Crippen LogP contribution in [0.15, 0.2) is 24.3 Å². The maximum absolute atomic E-state index is 3.55. The Hall–Kier alpha value is -1.02. The van der Waals surface area contributed by atoms with Crippen LogP contribution in [0.25, 0.3) is 0 Å². The number of nitrogens with one attached hydrogen (secondary N) is 1. The van der Waals surface area contributed by atoms with Crippen LogP contribution in [0.2, 0.25) is 0 Å². The number of hydrogen-bond acceptors (Lipinski definition) is 2. The number of hydrogen-bond donors (Lipinski definition) is 1. The average Bonchev–Trinajstić information content (AvgIpc) is 2.53. The third-order valence-corrected chi connectivity index (χ3v) is 4.71. The second-order valence-electron chi connectivity index (χ2n) is 5.95. The van der Waals surface area contributed by atoms with E-state index in [1.54, 1.807) is 0 Å². The number of nitrogens with zero attached hydrogens (tertiary/aromatic N) is 1. The summed E-state index contributed by atoms with van der Waals surface area (Å²) >= 11 is 0. The molecule has 0 aromatic heterocycles. The zero-order valence-electron chi connectivity index (χ0n) is 13.4. The van der Waals surface area contributed by atoms with Gasteiger partial charge in [-0.3, -0.25) is 0 Å². The van der Waals surface area contributed by atoms with Crippen molar-refractivity contribution < 1.29 is 0 Å². The number of benzene rings is 1. The van der Waals surface area contributed by atoms with Gasteiger partial charge in [-0.25, -0.2) is 0 Å². The Morgan fingerprint density at radius 1 is 1.10 bits per heavy atom. The summed E-state index contributed by atoms with van der Waals surface area (Å²) in [4.78, 5) is 2.55. The molecule has 0 amide bonds. The molecule has 1 aromatic carbocycles. The first kappa shape index (κ1) is 15.4. The molecule has 2 nitrogen and oxygen atoms in total. The van der Waals surface area contributed by atoms with Crippen molar-refractivity contribution in [2.45, 2.75) is 52.5 Å². The van der Waals surface area contributed by atoms with Crippen molar-refractivity contribution in [2.24, 2.45) is 5.92 Å². The van der Waals surface area contributed by atoms with Gasteiger partial charge in [-0.2, -0.15) is 0 Å². The van der Waals surface area contributed by atoms with Gasteiger partial charge in [0.15, 0.2) is 0 Å². The van der Waals surface area contributed by atoms with Crippen molar-refractivity contribution in [2.75, 3.05) is 24.5 Å². The van der Waals surface area contributed by atoms with Crippen LogP contribution in [-0.2, 0) is 0 Å². The molecule has 1 aromatic rings. The molecule has 0 radical (unpaired) electrons. The molecule has 1 N–H and O–H groups in total. The fourth-order valence-corrected chi connectivity index (χ4v) is 3.26. The van der Waals surface area contributed by atoms with Crippen LogP contribution in [0.4, 0.5) is 5.69 Å². The van der Waals surface area contributed by atoms with Crippen molar-refractivity contribution in [1.29, 1.82) is 0 Å². The molecule has 0 spiro atoms. The Bertz CT molecular complexity index is 377. The van der Waals surface area contributed by atoms with Crippen LogP contribution in [0.3, 0.4) is 0 Å². The summed E-state index contributed by atoms with van der Waals surface area (Å²) in [5.41, 5.74) is 2.82. The second-order valence-corrected chi connectivity index (χ2v) is 5.95. The first-order chi connectivity index (χ1) is 9.78. The van der Waals surface area contributed by atoms with Crippen molar-refractivity contribution in [3.63, 3.8) is 0 Å². The molecular formula is C18H30N2. The highest BCUT2D eigenvalue weighted by atomic mass is 15.1. The first-order valence-electron chi connectivity index (χ1n) is 8.36. The van der Waals surface area contributed by atoms with E-state index in [-0.39, 0.29) is 0 Å². The number of piperidine rings is 1. The minimum Gasteiger partial charge on any atom is -0.372 e. The third kappa shape index (κ3) is 3.76. The van der Waals surface area contributed by atoms with E-state index in [1.165, 1.54) is 43.6 Å². The highest BCUT2D eigenvalue weighted by Crippen LogP contribution is 2.26. The SMILES string of the molecule is CCNC(CC)c1ccc(N2CCC(CC)CC2)cc1. The van der Waals surface area contributed by atoms with Gasteiger partial charge in [0.25, 0.3) is 0 Å². The largest absolute Gasteiger partial charge is 0.372 e. The van der Waals surface area contributed by atoms with Crippen molar-refractivity contribution >= 4 is 5.69 Å². The van der Waals surface area contributed by atoms with Crippen molar-refractivity contribution in [1.82, 2.24) is 5.32 Å². The molecule has 1 saturated heterocycles. The smallest absolute Gasteiger partial charge is 0.0366 e. The maximum atomic E-state index is 3.55. The monoisotopic (exact) mass is 274 g/mol. The molecule has 0 aliphatic carbocycles. The lowest BCUT2D eigenvalue weighted by molar-refractivity contribution is 0.395. The Morgan fingerprint density at radius 2 is 1.75 bits per heavy atom. The van der Waals surface area contributed by atoms with Gasteiger partial charge in [0.2, 0.25) is 0 Å². The highest BCUT2D eigenvalue weighted by molar-refractivity contribution is 5.48. The van der Waals surface area contributed by atoms with E-state index in [2.05, 4.69) is 55.3 Å². The summed E-state index contributed by atoms with van der Waals surface area (Å²) in [7, 11) is 0. The third-order valence-electron chi connectivity index (χ3n) is 4.71. The van der Waals surface area contributed by atoms with Crippen LogP contribution in [0.1, 0.15) is 58.1 Å². The normalized spacial score (nSPS) is 18.2. The number of rotatable bonds is 6. The molecule has 1 unspecified atom stereocenters. The Kier molecular flexibility index (Phi) is 5.90. The van der Waals surface area contributed by atoms with Crippen molar-refractivity contribution in [3.8, 4) is 0 Å². The van der Waals surface area contributed by atoms with Gasteiger partial charge in [-0.15, -0.1) is 0 Å². The summed E-state index contributed by atoms with van der Waals surface area (Å²) in [5, 5.41) is 3.55. The minimum absolute atomic E-state index is 0.500. The van der Waals surface area contributed by atoms with Gasteiger partial charge in [0.1, 0.15) is 0 Å². The van der Waals surface area contributed by atoms with Crippen LogP contribution in [0.5, 0.6) is 0 Å². The summed E-state index contributed by atoms with van der Waals surface area (Å²) < 4.78 is 0. The van der Waals surface area contributed by atoms with Gasteiger partial charge in [-0.1, -0.05) is 39.3 Å². The minimum atomic E-state index is 0.500. The molecule has 2 heteroatoms. The molecule has 0 saturated carbocycles. The quantitative estimate of drug-likeness (QED) is 0.828. The van der Waals surface area contributed by atoms with Crippen LogP contribution in [-0.4, -0.2) is 19.6 Å². The van der Waals surface area contributed by atoms with Crippen LogP contribution in [0, 0.1) is 5.92 Å². The zero-order valence-corrected chi connectivity index (χ0v) is 13.4. The molecule has 1 fully saturated rings. The molecule has 0 bridgehead atoms. The fraction of sp³-hybridized carbons (Fsp3) is 0.667. The molecule has 2 rings (SSSR count). The van der Waals surface area contributed by atoms with Gasteiger partial charge in [0, 0.05) is 24.8 Å². The van der Waals surface area contributed by atoms with E-state index in [9.17, 15) is 0 Å². The second kappa shape index (κ2) is 7.68. The Morgan fingerprint density at radius 3 is 2.25 bits per heavy atom. The van der Waals surface area contributed by atoms with Gasteiger partial charge in [0.05, 0.1) is 0 Å². The lowest BCUT2D eigenvalue weighted by Crippen LogP contribution is -2.33. The topological polar surface area (TPSA) is 15.3 Å². The Balaban J connectivity index is 1.97. The van der Waals surface area contributed by atoms with Gasteiger partial charge >= 0.3 is 0 Å². The lowest BCUT2D eigenvalue weighted by Gasteiger charge is -2.33. The standard InChI is InChI=1S/C18H30N2/c1-4-15-11-13-20(14-12-15)17-9-7-16(8-10-17)18(5-2)19-6-3/h7-10,15,18-19H,4-6,11-14H2,1-3H3. The predicted octanol–water partition coefficient (Wildman–Crippen LogP) is 4.37. The van der Waals surface area contributed by atoms with E-state index in [0.29, 0.717) is 6.04 Å². The molecule has 1 heterocycles. The summed E-state index contributed by atoms with van der Waals surface area (Å²) in [6.07, 6.45) is 5.20. The fourth-order valence-electron chi connectivity index (χ4n) is 3.26. The van der Waals surface area contributed by atoms with E-state index >= 15 is 0 Å². The summed E-state index contributed by atoms with van der Waals surface area (Å²) in [5.74, 6) is 0.948. The van der Waals surface area contributed by atoms with Crippen LogP contribution < -0.4 is 10.2 Å². The average molecular weight is 274 g/mol. The van der Waals surface area contributed by atoms with Gasteiger partial charge in [-0.05, 0) is 49.4 Å². The highest BCUT2D eigenvalue weighted by Gasteiger charge is 2.18. The lowest BCUT2D eigenvalue weighted by atomic mass is 9.94. The van der Waals surface area contributed by atoms with E-state index in [4.69, 9.17) is 0 Å². The maximum Gasteiger partial charge on any atom is 0.0366 e. The molecule has 1 atom stereocenters. The molecule has 1 aliphatic rings.